The van der Waals surface area contributed by atoms with Crippen molar-refractivity contribution in [3.8, 4) is 5.69 Å². The normalized spacial score (nSPS) is 11.0. The predicted octanol–water partition coefficient (Wildman–Crippen LogP) is 5.01. The summed E-state index contributed by atoms with van der Waals surface area (Å²) in [4.78, 5) is 30.4. The highest BCUT2D eigenvalue weighted by atomic mass is 32.2. The highest BCUT2D eigenvalue weighted by Crippen LogP contribution is 2.24. The van der Waals surface area contributed by atoms with Gasteiger partial charge in [-0.15, -0.1) is 0 Å². The maximum absolute atomic E-state index is 13.8. The van der Waals surface area contributed by atoms with Crippen molar-refractivity contribution in [2.45, 2.75) is 19.0 Å². The number of hydrogen-bond donors (Lipinski definition) is 1. The number of nitrogens with zero attached hydrogens (tertiary/aromatic N) is 2. The number of fused-ring (bicyclic) bond motifs is 1. The van der Waals surface area contributed by atoms with Gasteiger partial charge in [0.2, 0.25) is 5.91 Å². The van der Waals surface area contributed by atoms with Crippen LogP contribution >= 0.6 is 11.8 Å². The molecule has 0 aliphatic heterocycles. The number of carbonyl (C=O) groups excluding carboxylic acids is 1. The summed E-state index contributed by atoms with van der Waals surface area (Å²) in [5, 5.41) is 3.23. The SMILES string of the molecule is Cc1ccc(-n2c(SCC(=O)Nc3ccc(F)cc3F)nc3ccccc3c2=O)c(C)c1. The van der Waals surface area contributed by atoms with Crippen LogP contribution in [0.1, 0.15) is 11.1 Å². The van der Waals surface area contributed by atoms with Gasteiger partial charge in [-0.1, -0.05) is 41.6 Å². The number of carbonyl (C=O) groups is 1. The van der Waals surface area contributed by atoms with Gasteiger partial charge in [0.15, 0.2) is 5.16 Å². The second-order valence-corrected chi connectivity index (χ2v) is 8.25. The Balaban J connectivity index is 1.69. The van der Waals surface area contributed by atoms with Crippen LogP contribution in [-0.4, -0.2) is 21.2 Å². The molecule has 1 heterocycles. The Morgan fingerprint density at radius 3 is 2.59 bits per heavy atom. The number of anilines is 1. The number of aromatic nitrogens is 2. The van der Waals surface area contributed by atoms with Crippen LogP contribution in [0.5, 0.6) is 0 Å². The molecule has 1 amide bonds. The Bertz CT molecular complexity index is 1400. The van der Waals surface area contributed by atoms with Gasteiger partial charge in [-0.3, -0.25) is 14.2 Å². The summed E-state index contributed by atoms with van der Waals surface area (Å²) < 4.78 is 28.4. The number of hydrogen-bond acceptors (Lipinski definition) is 4. The van der Waals surface area contributed by atoms with Crippen molar-refractivity contribution >= 4 is 34.3 Å². The summed E-state index contributed by atoms with van der Waals surface area (Å²) >= 11 is 1.06. The van der Waals surface area contributed by atoms with Crippen molar-refractivity contribution in [2.24, 2.45) is 0 Å². The minimum atomic E-state index is -0.862. The number of benzene rings is 3. The Kier molecular flexibility index (Phi) is 6.05. The van der Waals surface area contributed by atoms with Crippen LogP contribution in [0.4, 0.5) is 14.5 Å². The standard InChI is InChI=1S/C24H19F2N3O2S/c1-14-7-10-21(15(2)11-14)29-23(31)17-5-3-4-6-19(17)28-24(29)32-13-22(30)27-20-9-8-16(25)12-18(20)26/h3-12H,13H2,1-2H3,(H,27,30). The minimum absolute atomic E-state index is 0.116. The lowest BCUT2D eigenvalue weighted by Crippen LogP contribution is -2.23. The molecule has 0 aliphatic carbocycles. The number of para-hydroxylation sites is 1. The van der Waals surface area contributed by atoms with Gasteiger partial charge in [0.05, 0.1) is 28.0 Å². The van der Waals surface area contributed by atoms with E-state index in [9.17, 15) is 18.4 Å². The van der Waals surface area contributed by atoms with E-state index in [0.29, 0.717) is 27.8 Å². The fourth-order valence-electron chi connectivity index (χ4n) is 3.39. The van der Waals surface area contributed by atoms with Gasteiger partial charge in [0, 0.05) is 6.07 Å². The molecule has 5 nitrogen and oxygen atoms in total. The van der Waals surface area contributed by atoms with Gasteiger partial charge < -0.3 is 5.32 Å². The molecule has 0 fully saturated rings. The van der Waals surface area contributed by atoms with Crippen LogP contribution in [0.15, 0.2) is 70.6 Å². The lowest BCUT2D eigenvalue weighted by Gasteiger charge is -2.15. The van der Waals surface area contributed by atoms with Crippen molar-refractivity contribution in [3.05, 3.63) is 93.8 Å². The van der Waals surface area contributed by atoms with Crippen molar-refractivity contribution < 1.29 is 13.6 Å². The van der Waals surface area contributed by atoms with Gasteiger partial charge in [0.1, 0.15) is 11.6 Å². The van der Waals surface area contributed by atoms with E-state index in [1.165, 1.54) is 4.57 Å². The zero-order chi connectivity index (χ0) is 22.8. The van der Waals surface area contributed by atoms with Crippen LogP contribution in [0, 0.1) is 25.5 Å². The number of thioether (sulfide) groups is 1. The van der Waals surface area contributed by atoms with Crippen LogP contribution in [-0.2, 0) is 4.79 Å². The largest absolute Gasteiger partial charge is 0.323 e. The second-order valence-electron chi connectivity index (χ2n) is 7.30. The van der Waals surface area contributed by atoms with Gasteiger partial charge in [-0.05, 0) is 49.7 Å². The number of amides is 1. The van der Waals surface area contributed by atoms with Crippen molar-refractivity contribution in [3.63, 3.8) is 0 Å². The molecule has 4 rings (SSSR count). The molecule has 4 aromatic rings. The minimum Gasteiger partial charge on any atom is -0.323 e. The lowest BCUT2D eigenvalue weighted by atomic mass is 10.1. The van der Waals surface area contributed by atoms with E-state index in [-0.39, 0.29) is 17.0 Å². The first-order valence-electron chi connectivity index (χ1n) is 9.80. The fraction of sp³-hybridized carbons (Fsp3) is 0.125. The number of halogens is 2. The summed E-state index contributed by atoms with van der Waals surface area (Å²) in [6.07, 6.45) is 0. The van der Waals surface area contributed by atoms with E-state index >= 15 is 0 Å². The second kappa shape index (κ2) is 8.92. The molecule has 0 aliphatic rings. The Morgan fingerprint density at radius 1 is 1.06 bits per heavy atom. The quantitative estimate of drug-likeness (QED) is 0.342. The number of aryl methyl sites for hydroxylation is 2. The molecule has 32 heavy (non-hydrogen) atoms. The van der Waals surface area contributed by atoms with E-state index in [2.05, 4.69) is 10.3 Å². The highest BCUT2D eigenvalue weighted by Gasteiger charge is 2.17. The summed E-state index contributed by atoms with van der Waals surface area (Å²) in [6.45, 7) is 3.87. The molecule has 8 heteroatoms. The first-order chi connectivity index (χ1) is 15.3. The molecule has 162 valence electrons. The summed E-state index contributed by atoms with van der Waals surface area (Å²) in [6, 6.07) is 15.7. The maximum Gasteiger partial charge on any atom is 0.266 e. The van der Waals surface area contributed by atoms with Gasteiger partial charge >= 0.3 is 0 Å². The molecule has 0 saturated carbocycles. The summed E-state index contributed by atoms with van der Waals surface area (Å²) in [5.41, 5.74) is 2.79. The number of rotatable bonds is 5. The van der Waals surface area contributed by atoms with Crippen LogP contribution in [0.25, 0.3) is 16.6 Å². The van der Waals surface area contributed by atoms with E-state index in [1.54, 1.807) is 24.3 Å². The first kappa shape index (κ1) is 21.7. The molecule has 3 aromatic carbocycles. The molecule has 0 spiro atoms. The molecule has 0 unspecified atom stereocenters. The summed E-state index contributed by atoms with van der Waals surface area (Å²) in [7, 11) is 0. The molecule has 0 atom stereocenters. The smallest absolute Gasteiger partial charge is 0.266 e. The number of nitrogens with one attached hydrogen (secondary N) is 1. The Labute approximate surface area is 187 Å². The average molecular weight is 451 g/mol. The van der Waals surface area contributed by atoms with E-state index < -0.39 is 17.5 Å². The topological polar surface area (TPSA) is 64.0 Å². The van der Waals surface area contributed by atoms with Crippen molar-refractivity contribution in [1.82, 2.24) is 9.55 Å². The van der Waals surface area contributed by atoms with Crippen molar-refractivity contribution in [1.29, 1.82) is 0 Å². The maximum atomic E-state index is 13.8. The third-order valence-electron chi connectivity index (χ3n) is 4.88. The Hall–Kier alpha value is -3.52. The molecule has 0 bridgehead atoms. The first-order valence-corrected chi connectivity index (χ1v) is 10.8. The van der Waals surface area contributed by atoms with E-state index in [4.69, 9.17) is 0 Å². The molecule has 0 radical (unpaired) electrons. The Morgan fingerprint density at radius 2 is 1.84 bits per heavy atom. The lowest BCUT2D eigenvalue weighted by molar-refractivity contribution is -0.113. The molecule has 1 N–H and O–H groups in total. The molecule has 0 saturated heterocycles. The molecular weight excluding hydrogens is 432 g/mol. The third kappa shape index (κ3) is 4.40. The monoisotopic (exact) mass is 451 g/mol. The molecular formula is C24H19F2N3O2S. The summed E-state index contributed by atoms with van der Waals surface area (Å²) in [5.74, 6) is -2.21. The fourth-order valence-corrected chi connectivity index (χ4v) is 4.19. The third-order valence-corrected chi connectivity index (χ3v) is 5.81. The highest BCUT2D eigenvalue weighted by molar-refractivity contribution is 7.99. The zero-order valence-electron chi connectivity index (χ0n) is 17.4. The van der Waals surface area contributed by atoms with E-state index in [0.717, 1.165) is 35.0 Å². The predicted molar refractivity (Wildman–Crippen MR) is 123 cm³/mol. The zero-order valence-corrected chi connectivity index (χ0v) is 18.2. The van der Waals surface area contributed by atoms with Gasteiger partial charge in [-0.25, -0.2) is 13.8 Å². The van der Waals surface area contributed by atoms with Gasteiger partial charge in [0.25, 0.3) is 5.56 Å². The van der Waals surface area contributed by atoms with E-state index in [1.807, 2.05) is 32.0 Å². The average Bonchev–Trinajstić information content (AvgIpc) is 2.75. The molecule has 1 aromatic heterocycles. The van der Waals surface area contributed by atoms with Crippen LogP contribution < -0.4 is 10.9 Å². The van der Waals surface area contributed by atoms with Crippen LogP contribution in [0.2, 0.25) is 0 Å². The van der Waals surface area contributed by atoms with Gasteiger partial charge in [-0.2, -0.15) is 0 Å². The van der Waals surface area contributed by atoms with Crippen LogP contribution in [0.3, 0.4) is 0 Å². The van der Waals surface area contributed by atoms with Crippen molar-refractivity contribution in [2.75, 3.05) is 11.1 Å².